The lowest BCUT2D eigenvalue weighted by molar-refractivity contribution is 0.0516. The van der Waals surface area contributed by atoms with Gasteiger partial charge in [0.2, 0.25) is 0 Å². The summed E-state index contributed by atoms with van der Waals surface area (Å²) in [6.07, 6.45) is 0. The van der Waals surface area contributed by atoms with Crippen LogP contribution in [0.3, 0.4) is 0 Å². The van der Waals surface area contributed by atoms with Crippen LogP contribution in [0.4, 0.5) is 8.78 Å². The van der Waals surface area contributed by atoms with Gasteiger partial charge in [0.15, 0.2) is 5.76 Å². The zero-order valence-corrected chi connectivity index (χ0v) is 17.6. The van der Waals surface area contributed by atoms with E-state index in [9.17, 15) is 18.4 Å². The van der Waals surface area contributed by atoms with Crippen LogP contribution in [0.5, 0.6) is 5.75 Å². The minimum Gasteiger partial charge on any atom is -0.486 e. The van der Waals surface area contributed by atoms with Crippen LogP contribution < -0.4 is 4.74 Å². The third-order valence-electron chi connectivity index (χ3n) is 5.08. The molecular formula is C23H19ClF2N2O4. The average molecular weight is 461 g/mol. The normalized spacial score (nSPS) is 13.8. The second-order valence-corrected chi connectivity index (χ2v) is 7.62. The predicted molar refractivity (Wildman–Crippen MR) is 113 cm³/mol. The fourth-order valence-electron chi connectivity index (χ4n) is 3.36. The molecule has 4 rings (SSSR count). The molecule has 2 amide bonds. The number of rotatable bonds is 5. The van der Waals surface area contributed by atoms with Gasteiger partial charge in [0.05, 0.1) is 10.6 Å². The van der Waals surface area contributed by atoms with Crippen molar-refractivity contribution in [2.45, 2.75) is 6.61 Å². The van der Waals surface area contributed by atoms with Crippen LogP contribution in [-0.2, 0) is 6.61 Å². The summed E-state index contributed by atoms with van der Waals surface area (Å²) in [6.45, 7) is 1.38. The SMILES string of the molecule is O=C(c1ccc(COc2ccc(F)cc2)o1)N1CCN(C(=O)c2ccc(F)cc2Cl)CC1. The van der Waals surface area contributed by atoms with Gasteiger partial charge in [-0.2, -0.15) is 0 Å². The van der Waals surface area contributed by atoms with E-state index in [2.05, 4.69) is 0 Å². The van der Waals surface area contributed by atoms with Crippen LogP contribution in [0.15, 0.2) is 59.0 Å². The highest BCUT2D eigenvalue weighted by molar-refractivity contribution is 6.33. The van der Waals surface area contributed by atoms with Crippen LogP contribution in [0, 0.1) is 11.6 Å². The first-order valence-corrected chi connectivity index (χ1v) is 10.3. The standard InChI is InChI=1S/C23H19ClF2N2O4/c24-20-13-16(26)3-7-19(20)22(29)27-9-11-28(12-10-27)23(30)21-8-6-18(32-21)14-31-17-4-1-15(25)2-5-17/h1-8,13H,9-12,14H2. The minimum atomic E-state index is -0.511. The molecule has 0 aliphatic carbocycles. The van der Waals surface area contributed by atoms with Crippen molar-refractivity contribution in [3.05, 3.63) is 88.3 Å². The van der Waals surface area contributed by atoms with Gasteiger partial charge in [0.1, 0.15) is 29.8 Å². The first-order valence-electron chi connectivity index (χ1n) is 9.91. The number of nitrogens with zero attached hydrogens (tertiary/aromatic N) is 2. The van der Waals surface area contributed by atoms with Crippen molar-refractivity contribution in [3.8, 4) is 5.75 Å². The Balaban J connectivity index is 1.31. The van der Waals surface area contributed by atoms with E-state index in [1.807, 2.05) is 0 Å². The molecule has 0 radical (unpaired) electrons. The number of carbonyl (C=O) groups is 2. The molecule has 0 bridgehead atoms. The van der Waals surface area contributed by atoms with Crippen LogP contribution >= 0.6 is 11.6 Å². The zero-order chi connectivity index (χ0) is 22.7. The summed E-state index contributed by atoms with van der Waals surface area (Å²) in [4.78, 5) is 28.6. The van der Waals surface area contributed by atoms with E-state index < -0.39 is 5.82 Å². The number of carbonyl (C=O) groups excluding carboxylic acids is 2. The number of hydrogen-bond donors (Lipinski definition) is 0. The zero-order valence-electron chi connectivity index (χ0n) is 16.9. The molecule has 1 fully saturated rings. The van der Waals surface area contributed by atoms with E-state index in [1.54, 1.807) is 21.9 Å². The number of hydrogen-bond acceptors (Lipinski definition) is 4. The number of amides is 2. The number of piperazine rings is 1. The first-order chi connectivity index (χ1) is 15.4. The van der Waals surface area contributed by atoms with Gasteiger partial charge in [-0.15, -0.1) is 0 Å². The van der Waals surface area contributed by atoms with Crippen LogP contribution in [-0.4, -0.2) is 47.8 Å². The number of furan rings is 1. The van der Waals surface area contributed by atoms with Gasteiger partial charge >= 0.3 is 0 Å². The molecule has 2 aromatic carbocycles. The summed E-state index contributed by atoms with van der Waals surface area (Å²) in [5.74, 6) is -0.349. The van der Waals surface area contributed by atoms with Gasteiger partial charge in [-0.25, -0.2) is 8.78 Å². The summed E-state index contributed by atoms with van der Waals surface area (Å²) < 4.78 is 37.3. The van der Waals surface area contributed by atoms with Gasteiger partial charge in [0.25, 0.3) is 11.8 Å². The fraction of sp³-hybridized carbons (Fsp3) is 0.217. The van der Waals surface area contributed by atoms with Crippen molar-refractivity contribution < 1.29 is 27.5 Å². The summed E-state index contributed by atoms with van der Waals surface area (Å²) >= 11 is 5.99. The van der Waals surface area contributed by atoms with E-state index in [0.29, 0.717) is 37.7 Å². The molecule has 2 heterocycles. The predicted octanol–water partition coefficient (Wildman–Crippen LogP) is 4.39. The molecule has 0 N–H and O–H groups in total. The molecule has 0 spiro atoms. The summed E-state index contributed by atoms with van der Waals surface area (Å²) in [7, 11) is 0. The van der Waals surface area contributed by atoms with Crippen molar-refractivity contribution in [2.75, 3.05) is 26.2 Å². The van der Waals surface area contributed by atoms with Crippen molar-refractivity contribution in [3.63, 3.8) is 0 Å². The van der Waals surface area contributed by atoms with Crippen LogP contribution in [0.1, 0.15) is 26.7 Å². The number of halogens is 3. The third-order valence-corrected chi connectivity index (χ3v) is 5.40. The maximum absolute atomic E-state index is 13.2. The lowest BCUT2D eigenvalue weighted by Gasteiger charge is -2.34. The molecule has 166 valence electrons. The van der Waals surface area contributed by atoms with E-state index in [1.165, 1.54) is 36.4 Å². The molecule has 1 aliphatic rings. The molecule has 0 atom stereocenters. The Morgan fingerprint density at radius 2 is 1.50 bits per heavy atom. The topological polar surface area (TPSA) is 63.0 Å². The highest BCUT2D eigenvalue weighted by Crippen LogP contribution is 2.21. The minimum absolute atomic E-state index is 0.0551. The quantitative estimate of drug-likeness (QED) is 0.566. The van der Waals surface area contributed by atoms with Gasteiger partial charge in [0, 0.05) is 26.2 Å². The molecule has 0 saturated carbocycles. The number of benzene rings is 2. The van der Waals surface area contributed by atoms with E-state index >= 15 is 0 Å². The Morgan fingerprint density at radius 1 is 0.875 bits per heavy atom. The van der Waals surface area contributed by atoms with Crippen LogP contribution in [0.25, 0.3) is 0 Å². The monoisotopic (exact) mass is 460 g/mol. The summed E-state index contributed by atoms with van der Waals surface area (Å²) in [6, 6.07) is 12.5. The van der Waals surface area contributed by atoms with Gasteiger partial charge in [-0.3, -0.25) is 9.59 Å². The van der Waals surface area contributed by atoms with Crippen LogP contribution in [0.2, 0.25) is 5.02 Å². The Labute approximate surface area is 187 Å². The molecule has 6 nitrogen and oxygen atoms in total. The second-order valence-electron chi connectivity index (χ2n) is 7.22. The van der Waals surface area contributed by atoms with E-state index in [0.717, 1.165) is 6.07 Å². The van der Waals surface area contributed by atoms with Crippen molar-refractivity contribution in [1.82, 2.24) is 9.80 Å². The van der Waals surface area contributed by atoms with Gasteiger partial charge in [-0.1, -0.05) is 11.6 Å². The summed E-state index contributed by atoms with van der Waals surface area (Å²) in [5.41, 5.74) is 0.227. The molecule has 32 heavy (non-hydrogen) atoms. The Kier molecular flexibility index (Phi) is 6.41. The smallest absolute Gasteiger partial charge is 0.289 e. The fourth-order valence-corrected chi connectivity index (χ4v) is 3.61. The molecule has 1 aromatic heterocycles. The molecule has 1 saturated heterocycles. The third kappa shape index (κ3) is 4.91. The molecule has 3 aromatic rings. The Bertz CT molecular complexity index is 1130. The average Bonchev–Trinajstić information content (AvgIpc) is 3.27. The van der Waals surface area contributed by atoms with E-state index in [-0.39, 0.29) is 40.6 Å². The lowest BCUT2D eigenvalue weighted by atomic mass is 10.1. The van der Waals surface area contributed by atoms with Gasteiger partial charge < -0.3 is 19.0 Å². The maximum Gasteiger partial charge on any atom is 0.289 e. The highest BCUT2D eigenvalue weighted by atomic mass is 35.5. The summed E-state index contributed by atoms with van der Waals surface area (Å²) in [5, 5.41) is 0.0551. The molecule has 9 heteroatoms. The van der Waals surface area contributed by atoms with E-state index in [4.69, 9.17) is 20.8 Å². The Morgan fingerprint density at radius 3 is 2.16 bits per heavy atom. The second kappa shape index (κ2) is 9.40. The lowest BCUT2D eigenvalue weighted by Crippen LogP contribution is -2.50. The van der Waals surface area contributed by atoms with Crippen molar-refractivity contribution in [2.24, 2.45) is 0 Å². The Hall–Kier alpha value is -3.39. The van der Waals surface area contributed by atoms with Gasteiger partial charge in [-0.05, 0) is 54.6 Å². The largest absolute Gasteiger partial charge is 0.486 e. The number of ether oxygens (including phenoxy) is 1. The molecule has 1 aliphatic heterocycles. The van der Waals surface area contributed by atoms with Crippen molar-refractivity contribution >= 4 is 23.4 Å². The maximum atomic E-state index is 13.2. The highest BCUT2D eigenvalue weighted by Gasteiger charge is 2.28. The first kappa shape index (κ1) is 21.8. The molecule has 0 unspecified atom stereocenters. The van der Waals surface area contributed by atoms with Crippen molar-refractivity contribution in [1.29, 1.82) is 0 Å². The molecular weight excluding hydrogens is 442 g/mol.